The van der Waals surface area contributed by atoms with Crippen LogP contribution in [-0.4, -0.2) is 39.9 Å². The molecule has 3 N–H and O–H groups in total. The van der Waals surface area contributed by atoms with Crippen LogP contribution in [0.5, 0.6) is 11.5 Å². The van der Waals surface area contributed by atoms with Crippen LogP contribution >= 0.6 is 0 Å². The van der Waals surface area contributed by atoms with Gasteiger partial charge < -0.3 is 25.3 Å². The van der Waals surface area contributed by atoms with Gasteiger partial charge in [0.25, 0.3) is 5.91 Å². The van der Waals surface area contributed by atoms with E-state index < -0.39 is 5.91 Å². The number of carbonyl (C=O) groups is 1. The number of amides is 1. The molecule has 1 aromatic carbocycles. The van der Waals surface area contributed by atoms with Crippen molar-refractivity contribution < 1.29 is 19.0 Å². The first kappa shape index (κ1) is 15.3. The molecule has 0 heterocycles. The van der Waals surface area contributed by atoms with Crippen LogP contribution < -0.4 is 20.5 Å². The number of hydrogen-bond donors (Lipinski definition) is 2. The highest BCUT2D eigenvalue weighted by molar-refractivity contribution is 5.75. The summed E-state index contributed by atoms with van der Waals surface area (Å²) in [6, 6.07) is 5.52. The summed E-state index contributed by atoms with van der Waals surface area (Å²) in [4.78, 5) is 10.7. The molecule has 106 valence electrons. The van der Waals surface area contributed by atoms with Crippen molar-refractivity contribution in [1.82, 2.24) is 5.32 Å². The zero-order valence-corrected chi connectivity index (χ0v) is 11.3. The van der Waals surface area contributed by atoms with E-state index in [9.17, 15) is 4.79 Å². The third-order valence-corrected chi connectivity index (χ3v) is 2.41. The highest BCUT2D eigenvalue weighted by atomic mass is 16.5. The number of nitrogens with two attached hydrogens (primary N) is 1. The van der Waals surface area contributed by atoms with E-state index in [0.717, 1.165) is 12.1 Å². The molecule has 0 bridgehead atoms. The lowest BCUT2D eigenvalue weighted by Crippen LogP contribution is -2.20. The molecule has 0 saturated heterocycles. The molecule has 0 radical (unpaired) electrons. The van der Waals surface area contributed by atoms with E-state index in [1.807, 2.05) is 12.1 Å². The molecule has 0 saturated carbocycles. The number of nitrogens with one attached hydrogen (secondary N) is 1. The van der Waals surface area contributed by atoms with E-state index in [-0.39, 0.29) is 6.61 Å². The van der Waals surface area contributed by atoms with Gasteiger partial charge in [-0.1, -0.05) is 6.07 Å². The van der Waals surface area contributed by atoms with Gasteiger partial charge in [0.05, 0.1) is 13.7 Å². The van der Waals surface area contributed by atoms with Gasteiger partial charge in [0.2, 0.25) is 0 Å². The van der Waals surface area contributed by atoms with E-state index in [2.05, 4.69) is 5.32 Å². The second-order valence-electron chi connectivity index (χ2n) is 3.91. The quantitative estimate of drug-likeness (QED) is 0.629. The van der Waals surface area contributed by atoms with Crippen LogP contribution in [0.4, 0.5) is 0 Å². The van der Waals surface area contributed by atoms with Crippen molar-refractivity contribution in [2.75, 3.05) is 34.0 Å². The lowest BCUT2D eigenvalue weighted by atomic mass is 10.2. The minimum atomic E-state index is -0.521. The van der Waals surface area contributed by atoms with Crippen molar-refractivity contribution in [3.63, 3.8) is 0 Å². The van der Waals surface area contributed by atoms with Crippen LogP contribution in [0.25, 0.3) is 0 Å². The number of rotatable bonds is 9. The Morgan fingerprint density at radius 3 is 2.74 bits per heavy atom. The van der Waals surface area contributed by atoms with Gasteiger partial charge in [-0.05, 0) is 17.7 Å². The SMILES string of the molecule is COCCNCc1ccc(OCC(N)=O)c(OC)c1. The van der Waals surface area contributed by atoms with Crippen LogP contribution in [0.2, 0.25) is 0 Å². The first-order chi connectivity index (χ1) is 9.17. The van der Waals surface area contributed by atoms with Gasteiger partial charge in [-0.2, -0.15) is 0 Å². The standard InChI is InChI=1S/C13H20N2O4/c1-17-6-5-15-8-10-3-4-11(12(7-10)18-2)19-9-13(14)16/h3-4,7,15H,5-6,8-9H2,1-2H3,(H2,14,16). The number of carbonyl (C=O) groups excluding carboxylic acids is 1. The van der Waals surface area contributed by atoms with Crippen molar-refractivity contribution >= 4 is 5.91 Å². The Morgan fingerprint density at radius 2 is 2.11 bits per heavy atom. The molecule has 1 amide bonds. The van der Waals surface area contributed by atoms with E-state index in [4.69, 9.17) is 19.9 Å². The lowest BCUT2D eigenvalue weighted by Gasteiger charge is -2.11. The van der Waals surface area contributed by atoms with E-state index >= 15 is 0 Å². The van der Waals surface area contributed by atoms with Crippen LogP contribution in [0.3, 0.4) is 0 Å². The highest BCUT2D eigenvalue weighted by Crippen LogP contribution is 2.27. The monoisotopic (exact) mass is 268 g/mol. The molecular formula is C13H20N2O4. The Kier molecular flexibility index (Phi) is 6.70. The van der Waals surface area contributed by atoms with Gasteiger partial charge in [-0.25, -0.2) is 0 Å². The molecule has 0 unspecified atom stereocenters. The van der Waals surface area contributed by atoms with Gasteiger partial charge in [0, 0.05) is 20.2 Å². The topological polar surface area (TPSA) is 82.8 Å². The van der Waals surface area contributed by atoms with E-state index in [1.165, 1.54) is 0 Å². The number of methoxy groups -OCH3 is 2. The molecule has 1 rings (SSSR count). The summed E-state index contributed by atoms with van der Waals surface area (Å²) in [5, 5.41) is 3.23. The second-order valence-corrected chi connectivity index (χ2v) is 3.91. The summed E-state index contributed by atoms with van der Waals surface area (Å²) in [7, 11) is 3.21. The number of ether oxygens (including phenoxy) is 3. The zero-order chi connectivity index (χ0) is 14.1. The average molecular weight is 268 g/mol. The fourth-order valence-electron chi connectivity index (χ4n) is 1.50. The molecule has 0 aliphatic heterocycles. The average Bonchev–Trinajstić information content (AvgIpc) is 2.41. The number of primary amides is 1. The Morgan fingerprint density at radius 1 is 1.32 bits per heavy atom. The molecule has 0 fully saturated rings. The minimum absolute atomic E-state index is 0.165. The molecule has 0 atom stereocenters. The molecule has 19 heavy (non-hydrogen) atoms. The van der Waals surface area contributed by atoms with E-state index in [0.29, 0.717) is 24.7 Å². The summed E-state index contributed by atoms with van der Waals surface area (Å²) in [6.45, 7) is 1.98. The summed E-state index contributed by atoms with van der Waals surface area (Å²) >= 11 is 0. The summed E-state index contributed by atoms with van der Waals surface area (Å²) in [5.74, 6) is 0.557. The Labute approximate surface area is 112 Å². The highest BCUT2D eigenvalue weighted by Gasteiger charge is 2.07. The van der Waals surface area contributed by atoms with Crippen LogP contribution in [-0.2, 0) is 16.1 Å². The predicted octanol–water partition coefficient (Wildman–Crippen LogP) is 0.295. The molecule has 0 aromatic heterocycles. The minimum Gasteiger partial charge on any atom is -0.493 e. The van der Waals surface area contributed by atoms with Crippen molar-refractivity contribution in [3.8, 4) is 11.5 Å². The van der Waals surface area contributed by atoms with Gasteiger partial charge in [0.15, 0.2) is 18.1 Å². The predicted molar refractivity (Wildman–Crippen MR) is 71.3 cm³/mol. The molecule has 0 aliphatic carbocycles. The number of hydrogen-bond acceptors (Lipinski definition) is 5. The van der Waals surface area contributed by atoms with E-state index in [1.54, 1.807) is 20.3 Å². The normalized spacial score (nSPS) is 10.2. The summed E-state index contributed by atoms with van der Waals surface area (Å²) < 4.78 is 15.4. The number of benzene rings is 1. The smallest absolute Gasteiger partial charge is 0.255 e. The molecule has 0 spiro atoms. The molecular weight excluding hydrogens is 248 g/mol. The third-order valence-electron chi connectivity index (χ3n) is 2.41. The first-order valence-electron chi connectivity index (χ1n) is 5.95. The first-order valence-corrected chi connectivity index (χ1v) is 5.95. The zero-order valence-electron chi connectivity index (χ0n) is 11.3. The second kappa shape index (κ2) is 8.34. The molecule has 6 heteroatoms. The van der Waals surface area contributed by atoms with Crippen LogP contribution in [0.1, 0.15) is 5.56 Å². The van der Waals surface area contributed by atoms with Gasteiger partial charge in [-0.15, -0.1) is 0 Å². The summed E-state index contributed by atoms with van der Waals surface area (Å²) in [5.41, 5.74) is 6.08. The van der Waals surface area contributed by atoms with Gasteiger partial charge in [-0.3, -0.25) is 4.79 Å². The third kappa shape index (κ3) is 5.58. The van der Waals surface area contributed by atoms with Crippen molar-refractivity contribution in [1.29, 1.82) is 0 Å². The Hall–Kier alpha value is -1.79. The summed E-state index contributed by atoms with van der Waals surface area (Å²) in [6.07, 6.45) is 0. The van der Waals surface area contributed by atoms with Crippen molar-refractivity contribution in [2.45, 2.75) is 6.54 Å². The maximum atomic E-state index is 10.7. The van der Waals surface area contributed by atoms with Crippen molar-refractivity contribution in [2.24, 2.45) is 5.73 Å². The fraction of sp³-hybridized carbons (Fsp3) is 0.462. The molecule has 1 aromatic rings. The lowest BCUT2D eigenvalue weighted by molar-refractivity contribution is -0.119. The Balaban J connectivity index is 2.59. The maximum absolute atomic E-state index is 10.7. The van der Waals surface area contributed by atoms with Crippen LogP contribution in [0, 0.1) is 0 Å². The fourth-order valence-corrected chi connectivity index (χ4v) is 1.50. The van der Waals surface area contributed by atoms with Gasteiger partial charge in [0.1, 0.15) is 0 Å². The van der Waals surface area contributed by atoms with Crippen LogP contribution in [0.15, 0.2) is 18.2 Å². The maximum Gasteiger partial charge on any atom is 0.255 e. The molecule has 0 aliphatic rings. The molecule has 6 nitrogen and oxygen atoms in total. The largest absolute Gasteiger partial charge is 0.493 e. The van der Waals surface area contributed by atoms with Gasteiger partial charge >= 0.3 is 0 Å². The van der Waals surface area contributed by atoms with Crippen molar-refractivity contribution in [3.05, 3.63) is 23.8 Å². The Bertz CT molecular complexity index is 410.